The smallest absolute Gasteiger partial charge is 0.249 e. The van der Waals surface area contributed by atoms with Crippen LogP contribution in [0, 0.1) is 0 Å². The highest BCUT2D eigenvalue weighted by Gasteiger charge is 2.12. The van der Waals surface area contributed by atoms with Gasteiger partial charge in [0.05, 0.1) is 23.2 Å². The van der Waals surface area contributed by atoms with Gasteiger partial charge in [0.25, 0.3) is 0 Å². The first-order valence-electron chi connectivity index (χ1n) is 7.71. The van der Waals surface area contributed by atoms with Crippen molar-refractivity contribution in [2.75, 3.05) is 12.4 Å². The molecular formula is C18H17Cl2N3O2. The maximum Gasteiger partial charge on any atom is 0.249 e. The normalized spacial score (nSPS) is 12.2. The second kappa shape index (κ2) is 7.87. The average molecular weight is 378 g/mol. The first-order chi connectivity index (χ1) is 12.1. The van der Waals surface area contributed by atoms with E-state index < -0.39 is 0 Å². The number of halogens is 2. The van der Waals surface area contributed by atoms with Gasteiger partial charge in [0.1, 0.15) is 0 Å². The maximum atomic E-state index is 6.17. The molecule has 7 heteroatoms. The molecule has 1 unspecified atom stereocenters. The number of benzene rings is 2. The van der Waals surface area contributed by atoms with Gasteiger partial charge in [-0.1, -0.05) is 35.3 Å². The minimum Gasteiger partial charge on any atom is -0.419 e. The van der Waals surface area contributed by atoms with Crippen molar-refractivity contribution in [3.63, 3.8) is 0 Å². The fourth-order valence-electron chi connectivity index (χ4n) is 2.31. The molecule has 0 aliphatic heterocycles. The third-order valence-corrected chi connectivity index (χ3v) is 4.33. The van der Waals surface area contributed by atoms with Crippen molar-refractivity contribution in [3.8, 4) is 11.5 Å². The Kier molecular flexibility index (Phi) is 5.58. The van der Waals surface area contributed by atoms with E-state index in [1.54, 1.807) is 25.3 Å². The van der Waals surface area contributed by atoms with Crippen LogP contribution in [0.1, 0.15) is 24.5 Å². The van der Waals surface area contributed by atoms with E-state index in [2.05, 4.69) is 15.5 Å². The lowest BCUT2D eigenvalue weighted by Crippen LogP contribution is -2.01. The van der Waals surface area contributed by atoms with Gasteiger partial charge in [0.2, 0.25) is 11.8 Å². The standard InChI is InChI=1S/C18H17Cl2N3O2/c1-11(24-2)12-4-3-5-14(8-12)21-10-17-22-23-18(25-17)15-7-6-13(19)9-16(15)20/h3-9,11,21H,10H2,1-2H3. The Morgan fingerprint density at radius 3 is 2.76 bits per heavy atom. The molecule has 0 saturated carbocycles. The van der Waals surface area contributed by atoms with Crippen LogP contribution in [0.3, 0.4) is 0 Å². The molecule has 2 aromatic carbocycles. The number of nitrogens with zero attached hydrogens (tertiary/aromatic N) is 2. The van der Waals surface area contributed by atoms with Crippen LogP contribution in [0.25, 0.3) is 11.5 Å². The molecule has 0 bridgehead atoms. The number of ether oxygens (including phenoxy) is 1. The Bertz CT molecular complexity index is 867. The Morgan fingerprint density at radius 1 is 1.16 bits per heavy atom. The Labute approximate surface area is 155 Å². The number of aromatic nitrogens is 2. The molecule has 0 fully saturated rings. The van der Waals surface area contributed by atoms with Crippen LogP contribution >= 0.6 is 23.2 Å². The van der Waals surface area contributed by atoms with Crippen molar-refractivity contribution in [2.24, 2.45) is 0 Å². The Hall–Kier alpha value is -2.08. The molecule has 1 atom stereocenters. The highest BCUT2D eigenvalue weighted by atomic mass is 35.5. The zero-order valence-corrected chi connectivity index (χ0v) is 15.3. The lowest BCUT2D eigenvalue weighted by atomic mass is 10.1. The fraction of sp³-hybridized carbons (Fsp3) is 0.222. The van der Waals surface area contributed by atoms with E-state index in [1.807, 2.05) is 31.2 Å². The summed E-state index contributed by atoms with van der Waals surface area (Å²) in [6.45, 7) is 2.41. The number of hydrogen-bond acceptors (Lipinski definition) is 5. The van der Waals surface area contributed by atoms with Crippen molar-refractivity contribution in [1.82, 2.24) is 10.2 Å². The molecule has 1 N–H and O–H groups in total. The minimum absolute atomic E-state index is 0.0313. The zero-order chi connectivity index (χ0) is 17.8. The Morgan fingerprint density at radius 2 is 2.00 bits per heavy atom. The van der Waals surface area contributed by atoms with Crippen molar-refractivity contribution < 1.29 is 9.15 Å². The monoisotopic (exact) mass is 377 g/mol. The van der Waals surface area contributed by atoms with E-state index in [9.17, 15) is 0 Å². The molecule has 0 aliphatic rings. The number of nitrogens with one attached hydrogen (secondary N) is 1. The molecule has 0 radical (unpaired) electrons. The molecule has 0 spiro atoms. The second-order valence-corrected chi connectivity index (χ2v) is 6.33. The molecule has 0 amide bonds. The summed E-state index contributed by atoms with van der Waals surface area (Å²) in [6, 6.07) is 13.1. The molecule has 1 heterocycles. The van der Waals surface area contributed by atoms with E-state index in [0.717, 1.165) is 11.3 Å². The first kappa shape index (κ1) is 17.7. The van der Waals surface area contributed by atoms with Gasteiger partial charge in [0, 0.05) is 17.8 Å². The largest absolute Gasteiger partial charge is 0.419 e. The second-order valence-electron chi connectivity index (χ2n) is 5.48. The van der Waals surface area contributed by atoms with Gasteiger partial charge in [-0.25, -0.2) is 0 Å². The summed E-state index contributed by atoms with van der Waals surface area (Å²) in [5.74, 6) is 0.825. The van der Waals surface area contributed by atoms with Crippen LogP contribution in [0.15, 0.2) is 46.9 Å². The van der Waals surface area contributed by atoms with Crippen molar-refractivity contribution >= 4 is 28.9 Å². The van der Waals surface area contributed by atoms with Crippen LogP contribution in [0.4, 0.5) is 5.69 Å². The van der Waals surface area contributed by atoms with Gasteiger partial charge in [-0.3, -0.25) is 0 Å². The zero-order valence-electron chi connectivity index (χ0n) is 13.8. The van der Waals surface area contributed by atoms with Crippen LogP contribution in [-0.4, -0.2) is 17.3 Å². The van der Waals surface area contributed by atoms with Crippen molar-refractivity contribution in [2.45, 2.75) is 19.6 Å². The van der Waals surface area contributed by atoms with E-state index >= 15 is 0 Å². The highest BCUT2D eigenvalue weighted by molar-refractivity contribution is 6.36. The van der Waals surface area contributed by atoms with Crippen molar-refractivity contribution in [1.29, 1.82) is 0 Å². The first-order valence-corrected chi connectivity index (χ1v) is 8.47. The number of rotatable bonds is 6. The molecule has 130 valence electrons. The molecule has 5 nitrogen and oxygen atoms in total. The van der Waals surface area contributed by atoms with Gasteiger partial charge < -0.3 is 14.5 Å². The van der Waals surface area contributed by atoms with Gasteiger partial charge in [-0.2, -0.15) is 0 Å². The third-order valence-electron chi connectivity index (χ3n) is 3.78. The van der Waals surface area contributed by atoms with E-state index in [1.165, 1.54) is 0 Å². The molecular weight excluding hydrogens is 361 g/mol. The summed E-state index contributed by atoms with van der Waals surface area (Å²) in [5, 5.41) is 12.4. The van der Waals surface area contributed by atoms with Crippen LogP contribution < -0.4 is 5.32 Å². The third kappa shape index (κ3) is 4.31. The van der Waals surface area contributed by atoms with Gasteiger partial charge in [0.15, 0.2) is 0 Å². The Balaban J connectivity index is 1.70. The molecule has 3 rings (SSSR count). The predicted molar refractivity (Wildman–Crippen MR) is 98.9 cm³/mol. The number of hydrogen-bond donors (Lipinski definition) is 1. The van der Waals surface area contributed by atoms with Crippen LogP contribution in [0.2, 0.25) is 10.0 Å². The van der Waals surface area contributed by atoms with Crippen LogP contribution in [-0.2, 0) is 11.3 Å². The van der Waals surface area contributed by atoms with E-state index in [4.69, 9.17) is 32.4 Å². The van der Waals surface area contributed by atoms with E-state index in [-0.39, 0.29) is 6.10 Å². The molecule has 3 aromatic rings. The highest BCUT2D eigenvalue weighted by Crippen LogP contribution is 2.29. The lowest BCUT2D eigenvalue weighted by Gasteiger charge is -2.11. The molecule has 1 aromatic heterocycles. The summed E-state index contributed by atoms with van der Waals surface area (Å²) in [6.07, 6.45) is 0.0313. The fourth-order valence-corrected chi connectivity index (χ4v) is 2.80. The summed E-state index contributed by atoms with van der Waals surface area (Å²) < 4.78 is 11.0. The summed E-state index contributed by atoms with van der Waals surface area (Å²) in [5.41, 5.74) is 2.69. The molecule has 0 saturated heterocycles. The summed E-state index contributed by atoms with van der Waals surface area (Å²) in [7, 11) is 1.69. The maximum absolute atomic E-state index is 6.17. The SMILES string of the molecule is COC(C)c1cccc(NCc2nnc(-c3ccc(Cl)cc3Cl)o2)c1. The topological polar surface area (TPSA) is 60.2 Å². The van der Waals surface area contributed by atoms with Gasteiger partial charge in [-0.05, 0) is 42.8 Å². The average Bonchev–Trinajstić information content (AvgIpc) is 3.08. The summed E-state index contributed by atoms with van der Waals surface area (Å²) >= 11 is 12.1. The molecule has 0 aliphatic carbocycles. The molecule has 25 heavy (non-hydrogen) atoms. The minimum atomic E-state index is 0.0313. The van der Waals surface area contributed by atoms with Gasteiger partial charge >= 0.3 is 0 Å². The summed E-state index contributed by atoms with van der Waals surface area (Å²) in [4.78, 5) is 0. The van der Waals surface area contributed by atoms with Crippen LogP contribution in [0.5, 0.6) is 0 Å². The van der Waals surface area contributed by atoms with E-state index in [0.29, 0.717) is 33.9 Å². The predicted octanol–water partition coefficient (Wildman–Crippen LogP) is 5.36. The number of anilines is 1. The van der Waals surface area contributed by atoms with Gasteiger partial charge in [-0.15, -0.1) is 10.2 Å². The quantitative estimate of drug-likeness (QED) is 0.626. The lowest BCUT2D eigenvalue weighted by molar-refractivity contribution is 0.119. The number of methoxy groups -OCH3 is 1. The van der Waals surface area contributed by atoms with Crippen molar-refractivity contribution in [3.05, 3.63) is 64.0 Å².